The van der Waals surface area contributed by atoms with Crippen LogP contribution in [0.2, 0.25) is 0 Å². The lowest BCUT2D eigenvalue weighted by Crippen LogP contribution is -2.32. The van der Waals surface area contributed by atoms with Gasteiger partial charge in [0, 0.05) is 55.7 Å². The van der Waals surface area contributed by atoms with E-state index >= 15 is 0 Å². The number of anilines is 2. The number of aromatic nitrogens is 4. The van der Waals surface area contributed by atoms with E-state index in [1.54, 1.807) is 24.7 Å². The molecule has 0 bridgehead atoms. The molecule has 5 rings (SSSR count). The van der Waals surface area contributed by atoms with Crippen LogP contribution in [0.25, 0.3) is 22.0 Å². The number of hydrogen-bond acceptors (Lipinski definition) is 7. The number of pyridine rings is 2. The summed E-state index contributed by atoms with van der Waals surface area (Å²) < 4.78 is 40.2. The molecule has 10 heteroatoms. The highest BCUT2D eigenvalue weighted by Crippen LogP contribution is 2.36. The largest absolute Gasteiger partial charge is 0.433 e. The fourth-order valence-corrected chi connectivity index (χ4v) is 4.58. The second-order valence-electron chi connectivity index (χ2n) is 7.47. The number of hydrogen-bond donors (Lipinski definition) is 0. The van der Waals surface area contributed by atoms with Crippen molar-refractivity contribution in [2.45, 2.75) is 12.6 Å². The highest BCUT2D eigenvalue weighted by Gasteiger charge is 2.33. The molecule has 5 heterocycles. The molecule has 0 amide bonds. The highest BCUT2D eigenvalue weighted by atomic mass is 32.1. The van der Waals surface area contributed by atoms with Crippen molar-refractivity contribution in [3.63, 3.8) is 0 Å². The van der Waals surface area contributed by atoms with Gasteiger partial charge >= 0.3 is 6.18 Å². The molecule has 0 aliphatic carbocycles. The maximum absolute atomic E-state index is 13.4. The number of alkyl halides is 3. The maximum atomic E-state index is 13.4. The van der Waals surface area contributed by atoms with Gasteiger partial charge in [0.1, 0.15) is 11.5 Å². The molecule has 1 aliphatic heterocycles. The zero-order valence-corrected chi connectivity index (χ0v) is 17.8. The van der Waals surface area contributed by atoms with E-state index in [0.717, 1.165) is 31.1 Å². The van der Waals surface area contributed by atoms with Crippen molar-refractivity contribution in [2.24, 2.45) is 0 Å². The summed E-state index contributed by atoms with van der Waals surface area (Å²) in [6.07, 6.45) is 1.40. The number of nitrogens with zero attached hydrogens (tertiary/aromatic N) is 6. The number of fused-ring (bicyclic) bond motifs is 1. The maximum Gasteiger partial charge on any atom is 0.433 e. The smallest absolute Gasteiger partial charge is 0.354 e. The molecule has 164 valence electrons. The minimum absolute atomic E-state index is 0.315. The Morgan fingerprint density at radius 3 is 2.44 bits per heavy atom. The molecule has 0 saturated carbocycles. The molecule has 0 radical (unpaired) electrons. The molecule has 1 aliphatic rings. The van der Waals surface area contributed by atoms with E-state index in [1.807, 2.05) is 16.8 Å². The van der Waals surface area contributed by atoms with Gasteiger partial charge in [0.2, 0.25) is 5.95 Å². The van der Waals surface area contributed by atoms with E-state index in [0.29, 0.717) is 41.3 Å². The first-order chi connectivity index (χ1) is 15.5. The highest BCUT2D eigenvalue weighted by molar-refractivity contribution is 7.08. The third kappa shape index (κ3) is 3.97. The Morgan fingerprint density at radius 2 is 1.69 bits per heavy atom. The summed E-state index contributed by atoms with van der Waals surface area (Å²) in [5.41, 5.74) is 0.831. The summed E-state index contributed by atoms with van der Waals surface area (Å²) in [5.74, 6) is 1.33. The molecule has 6 nitrogen and oxygen atoms in total. The summed E-state index contributed by atoms with van der Waals surface area (Å²) in [4.78, 5) is 21.6. The fraction of sp³-hybridized carbons (Fsp3) is 0.273. The van der Waals surface area contributed by atoms with Gasteiger partial charge in [0.25, 0.3) is 0 Å². The monoisotopic (exact) mass is 456 g/mol. The number of halogens is 3. The van der Waals surface area contributed by atoms with Crippen LogP contribution in [-0.4, -0.2) is 46.1 Å². The van der Waals surface area contributed by atoms with Crippen molar-refractivity contribution in [3.8, 4) is 11.1 Å². The standard InChI is InChI=1S/C22H19F3N6S/c23-22(24,25)18-4-3-16-19(29-18)17(15-5-12-32-14-15)13-28-20(16)30-8-2-9-31(11-10-30)21-26-6-1-7-27-21/h1,3-7,12-14H,2,8-11H2. The lowest BCUT2D eigenvalue weighted by molar-refractivity contribution is -0.140. The van der Waals surface area contributed by atoms with Crippen LogP contribution >= 0.6 is 11.3 Å². The molecule has 1 fully saturated rings. The van der Waals surface area contributed by atoms with Gasteiger partial charge in [0.15, 0.2) is 0 Å². The summed E-state index contributed by atoms with van der Waals surface area (Å²) in [6, 6.07) is 6.17. The molecule has 32 heavy (non-hydrogen) atoms. The Kier molecular flexibility index (Phi) is 5.38. The van der Waals surface area contributed by atoms with Crippen LogP contribution in [0.5, 0.6) is 0 Å². The summed E-state index contributed by atoms with van der Waals surface area (Å²) >= 11 is 1.48. The summed E-state index contributed by atoms with van der Waals surface area (Å²) in [5, 5.41) is 4.39. The lowest BCUT2D eigenvalue weighted by Gasteiger charge is -2.24. The molecule has 4 aromatic heterocycles. The van der Waals surface area contributed by atoms with Crippen LogP contribution < -0.4 is 9.80 Å². The average molecular weight is 456 g/mol. The van der Waals surface area contributed by atoms with E-state index in [4.69, 9.17) is 0 Å². The van der Waals surface area contributed by atoms with Crippen LogP contribution in [0, 0.1) is 0 Å². The molecule has 0 aromatic carbocycles. The minimum Gasteiger partial charge on any atom is -0.354 e. The van der Waals surface area contributed by atoms with Crippen molar-refractivity contribution in [1.82, 2.24) is 19.9 Å². The predicted octanol–water partition coefficient (Wildman–Crippen LogP) is 4.88. The van der Waals surface area contributed by atoms with Crippen LogP contribution in [0.4, 0.5) is 24.9 Å². The van der Waals surface area contributed by atoms with Gasteiger partial charge in [0.05, 0.1) is 5.52 Å². The molecule has 0 atom stereocenters. The number of rotatable bonds is 3. The third-order valence-electron chi connectivity index (χ3n) is 5.46. The van der Waals surface area contributed by atoms with Crippen molar-refractivity contribution < 1.29 is 13.2 Å². The Balaban J connectivity index is 1.54. The Morgan fingerprint density at radius 1 is 0.906 bits per heavy atom. The zero-order chi connectivity index (χ0) is 22.1. The first kappa shape index (κ1) is 20.6. The molecule has 0 spiro atoms. The van der Waals surface area contributed by atoms with E-state index < -0.39 is 11.9 Å². The van der Waals surface area contributed by atoms with E-state index in [1.165, 1.54) is 17.4 Å². The van der Waals surface area contributed by atoms with Crippen LogP contribution in [0.1, 0.15) is 12.1 Å². The Hall–Kier alpha value is -3.27. The molecule has 4 aromatic rings. The predicted molar refractivity (Wildman–Crippen MR) is 119 cm³/mol. The van der Waals surface area contributed by atoms with Gasteiger partial charge in [-0.25, -0.2) is 19.9 Å². The second-order valence-corrected chi connectivity index (χ2v) is 8.25. The van der Waals surface area contributed by atoms with Crippen molar-refractivity contribution >= 4 is 34.0 Å². The van der Waals surface area contributed by atoms with Gasteiger partial charge in [-0.1, -0.05) is 0 Å². The number of thiophene rings is 1. The van der Waals surface area contributed by atoms with Crippen LogP contribution in [0.3, 0.4) is 0 Å². The van der Waals surface area contributed by atoms with Gasteiger partial charge in [-0.3, -0.25) is 0 Å². The summed E-state index contributed by atoms with van der Waals surface area (Å²) in [7, 11) is 0. The van der Waals surface area contributed by atoms with E-state index in [9.17, 15) is 13.2 Å². The quantitative estimate of drug-likeness (QED) is 0.438. The second kappa shape index (κ2) is 8.34. The first-order valence-corrected chi connectivity index (χ1v) is 11.1. The molecular weight excluding hydrogens is 437 g/mol. The minimum atomic E-state index is -4.51. The zero-order valence-electron chi connectivity index (χ0n) is 17.0. The summed E-state index contributed by atoms with van der Waals surface area (Å²) in [6.45, 7) is 2.86. The lowest BCUT2D eigenvalue weighted by atomic mass is 10.1. The van der Waals surface area contributed by atoms with Crippen molar-refractivity contribution in [3.05, 3.63) is 59.3 Å². The van der Waals surface area contributed by atoms with E-state index in [-0.39, 0.29) is 0 Å². The molecule has 0 N–H and O–H groups in total. The van der Waals surface area contributed by atoms with Crippen LogP contribution in [-0.2, 0) is 6.18 Å². The van der Waals surface area contributed by atoms with Gasteiger partial charge in [-0.05, 0) is 47.0 Å². The van der Waals surface area contributed by atoms with E-state index in [2.05, 4.69) is 29.7 Å². The topological polar surface area (TPSA) is 58.0 Å². The normalized spacial score (nSPS) is 15.2. The average Bonchev–Trinajstić information content (AvgIpc) is 3.22. The van der Waals surface area contributed by atoms with Crippen molar-refractivity contribution in [1.29, 1.82) is 0 Å². The fourth-order valence-electron chi connectivity index (χ4n) is 3.92. The van der Waals surface area contributed by atoms with Crippen molar-refractivity contribution in [2.75, 3.05) is 36.0 Å². The molecule has 1 saturated heterocycles. The van der Waals surface area contributed by atoms with Gasteiger partial charge < -0.3 is 9.80 Å². The van der Waals surface area contributed by atoms with Gasteiger partial charge in [-0.15, -0.1) is 0 Å². The molecule has 0 unspecified atom stereocenters. The Labute approximate surface area is 186 Å². The first-order valence-electron chi connectivity index (χ1n) is 10.2. The SMILES string of the molecule is FC(F)(F)c1ccc2c(N3CCCN(c4ncccn4)CC3)ncc(-c3ccsc3)c2n1. The van der Waals surface area contributed by atoms with Gasteiger partial charge in [-0.2, -0.15) is 24.5 Å². The molecular formula is C22H19F3N6S. The third-order valence-corrected chi connectivity index (χ3v) is 6.14. The Bertz CT molecular complexity index is 1210. The van der Waals surface area contributed by atoms with Crippen LogP contribution in [0.15, 0.2) is 53.6 Å².